The van der Waals surface area contributed by atoms with Crippen LogP contribution in [0, 0.1) is 0 Å². The van der Waals surface area contributed by atoms with Crippen molar-refractivity contribution in [3.63, 3.8) is 0 Å². The van der Waals surface area contributed by atoms with E-state index in [1.807, 2.05) is 0 Å². The largest absolute Gasteiger partial charge is 0.399 e. The monoisotopic (exact) mass is 384 g/mol. The molecule has 0 atom stereocenters. The molecule has 1 aromatic carbocycles. The van der Waals surface area contributed by atoms with Crippen molar-refractivity contribution < 1.29 is 16.8 Å². The third kappa shape index (κ3) is 13.3. The highest BCUT2D eigenvalue weighted by atomic mass is 32.3. The Labute approximate surface area is 160 Å². The Bertz CT molecular complexity index is 528. The summed E-state index contributed by atoms with van der Waals surface area (Å²) in [4.78, 5) is 0. The predicted molar refractivity (Wildman–Crippen MR) is 107 cm³/mol. The van der Waals surface area contributed by atoms with E-state index < -0.39 is 10.4 Å². The second-order valence-electron chi connectivity index (χ2n) is 6.88. The standard InChI is InChI=1S/C21H36O4S/c1-24-26(22,23)25-20-16-11-9-7-5-3-2-4-6-8-10-13-17-21-18-14-12-15-19-21/h12,14-15,18-19H,2-11,13,16-17,20H2,1H3. The van der Waals surface area contributed by atoms with Crippen molar-refractivity contribution in [2.24, 2.45) is 0 Å². The molecule has 0 radical (unpaired) electrons. The molecule has 0 heterocycles. The molecule has 0 spiro atoms. The summed E-state index contributed by atoms with van der Waals surface area (Å²) in [5.41, 5.74) is 1.46. The molecule has 5 heteroatoms. The van der Waals surface area contributed by atoms with Gasteiger partial charge in [-0.1, -0.05) is 94.5 Å². The van der Waals surface area contributed by atoms with Gasteiger partial charge < -0.3 is 0 Å². The van der Waals surface area contributed by atoms with Gasteiger partial charge >= 0.3 is 10.4 Å². The van der Waals surface area contributed by atoms with E-state index in [0.29, 0.717) is 0 Å². The molecular formula is C21H36O4S. The van der Waals surface area contributed by atoms with Crippen LogP contribution in [0.4, 0.5) is 0 Å². The van der Waals surface area contributed by atoms with E-state index in [1.54, 1.807) is 0 Å². The fourth-order valence-corrected chi connectivity index (χ4v) is 3.47. The zero-order chi connectivity index (χ0) is 18.9. The molecule has 0 amide bonds. The minimum atomic E-state index is -3.75. The molecule has 0 saturated carbocycles. The Hall–Kier alpha value is -0.910. The van der Waals surface area contributed by atoms with Crippen molar-refractivity contribution in [3.8, 4) is 0 Å². The summed E-state index contributed by atoms with van der Waals surface area (Å²) in [6, 6.07) is 10.8. The van der Waals surface area contributed by atoms with E-state index in [1.165, 1.54) is 69.8 Å². The average Bonchev–Trinajstić information content (AvgIpc) is 2.65. The fraction of sp³-hybridized carbons (Fsp3) is 0.714. The summed E-state index contributed by atoms with van der Waals surface area (Å²) >= 11 is 0. The van der Waals surface area contributed by atoms with Crippen LogP contribution in [0.1, 0.15) is 82.6 Å². The second kappa shape index (κ2) is 15.2. The quantitative estimate of drug-likeness (QED) is 0.318. The number of benzene rings is 1. The van der Waals surface area contributed by atoms with Gasteiger partial charge in [-0.15, -0.1) is 0 Å². The summed E-state index contributed by atoms with van der Waals surface area (Å²) in [5, 5.41) is 0. The van der Waals surface area contributed by atoms with Gasteiger partial charge in [-0.25, -0.2) is 4.18 Å². The van der Waals surface area contributed by atoms with Gasteiger partial charge in [0, 0.05) is 0 Å². The molecule has 26 heavy (non-hydrogen) atoms. The first-order valence-corrected chi connectivity index (χ1v) is 11.5. The molecule has 0 unspecified atom stereocenters. The van der Waals surface area contributed by atoms with Gasteiger partial charge in [0.15, 0.2) is 0 Å². The van der Waals surface area contributed by atoms with Crippen LogP contribution in [-0.2, 0) is 25.2 Å². The van der Waals surface area contributed by atoms with Crippen LogP contribution in [-0.4, -0.2) is 22.1 Å². The van der Waals surface area contributed by atoms with Gasteiger partial charge in [-0.2, -0.15) is 8.42 Å². The summed E-state index contributed by atoms with van der Waals surface area (Å²) in [5.74, 6) is 0. The first-order chi connectivity index (χ1) is 12.6. The molecule has 150 valence electrons. The van der Waals surface area contributed by atoms with Crippen molar-refractivity contribution in [1.82, 2.24) is 0 Å². The number of rotatable bonds is 17. The van der Waals surface area contributed by atoms with Crippen molar-refractivity contribution in [2.75, 3.05) is 13.7 Å². The second-order valence-corrected chi connectivity index (χ2v) is 8.26. The molecule has 1 rings (SSSR count). The van der Waals surface area contributed by atoms with E-state index in [4.69, 9.17) is 0 Å². The number of unbranched alkanes of at least 4 members (excludes halogenated alkanes) is 11. The van der Waals surface area contributed by atoms with Gasteiger partial charge in [-0.3, -0.25) is 4.18 Å². The van der Waals surface area contributed by atoms with Crippen LogP contribution >= 0.6 is 0 Å². The normalized spacial score (nSPS) is 11.7. The lowest BCUT2D eigenvalue weighted by molar-refractivity contribution is 0.238. The summed E-state index contributed by atoms with van der Waals surface area (Å²) in [6.07, 6.45) is 16.0. The number of aryl methyl sites for hydroxylation is 1. The molecule has 0 aromatic heterocycles. The molecular weight excluding hydrogens is 348 g/mol. The Balaban J connectivity index is 1.76. The Kier molecular flexibility index (Phi) is 13.5. The average molecular weight is 385 g/mol. The predicted octanol–water partition coefficient (Wildman–Crippen LogP) is 5.82. The van der Waals surface area contributed by atoms with Crippen LogP contribution < -0.4 is 0 Å². The fourth-order valence-electron chi connectivity index (χ4n) is 3.05. The summed E-state index contributed by atoms with van der Waals surface area (Å²) < 4.78 is 30.8. The van der Waals surface area contributed by atoms with Crippen molar-refractivity contribution in [3.05, 3.63) is 35.9 Å². The molecule has 0 saturated heterocycles. The number of hydrogen-bond donors (Lipinski definition) is 0. The summed E-state index contributed by atoms with van der Waals surface area (Å²) in [7, 11) is -2.64. The zero-order valence-electron chi connectivity index (χ0n) is 16.3. The van der Waals surface area contributed by atoms with Crippen LogP contribution in [0.3, 0.4) is 0 Å². The van der Waals surface area contributed by atoms with Crippen LogP contribution in [0.2, 0.25) is 0 Å². The molecule has 0 bridgehead atoms. The van der Waals surface area contributed by atoms with E-state index in [2.05, 4.69) is 38.7 Å². The lowest BCUT2D eigenvalue weighted by Gasteiger charge is -2.04. The van der Waals surface area contributed by atoms with Gasteiger partial charge in [0.1, 0.15) is 0 Å². The maximum Gasteiger partial charge on any atom is 0.399 e. The van der Waals surface area contributed by atoms with Crippen molar-refractivity contribution >= 4 is 10.4 Å². The number of hydrogen-bond acceptors (Lipinski definition) is 4. The maximum absolute atomic E-state index is 10.9. The van der Waals surface area contributed by atoms with E-state index in [0.717, 1.165) is 26.4 Å². The molecule has 4 nitrogen and oxygen atoms in total. The van der Waals surface area contributed by atoms with Crippen LogP contribution in [0.15, 0.2) is 30.3 Å². The molecule has 0 aliphatic rings. The molecule has 0 aliphatic carbocycles. The topological polar surface area (TPSA) is 52.6 Å². The van der Waals surface area contributed by atoms with Gasteiger partial charge in [0.2, 0.25) is 0 Å². The SMILES string of the molecule is COS(=O)(=O)OCCCCCCCCCCCCCCc1ccccc1. The summed E-state index contributed by atoms with van der Waals surface area (Å²) in [6.45, 7) is 0.223. The van der Waals surface area contributed by atoms with Gasteiger partial charge in [0.05, 0.1) is 13.7 Å². The minimum absolute atomic E-state index is 0.223. The third-order valence-corrected chi connectivity index (χ3v) is 5.50. The van der Waals surface area contributed by atoms with E-state index in [-0.39, 0.29) is 6.61 Å². The molecule has 1 aromatic rings. The van der Waals surface area contributed by atoms with Gasteiger partial charge in [-0.05, 0) is 24.8 Å². The van der Waals surface area contributed by atoms with Crippen LogP contribution in [0.5, 0.6) is 0 Å². The molecule has 0 fully saturated rings. The third-order valence-electron chi connectivity index (χ3n) is 4.63. The smallest absolute Gasteiger partial charge is 0.252 e. The van der Waals surface area contributed by atoms with Crippen molar-refractivity contribution in [1.29, 1.82) is 0 Å². The maximum atomic E-state index is 10.9. The highest BCUT2D eigenvalue weighted by Crippen LogP contribution is 2.13. The Morgan fingerprint density at radius 2 is 1.15 bits per heavy atom. The van der Waals surface area contributed by atoms with E-state index in [9.17, 15) is 8.42 Å². The highest BCUT2D eigenvalue weighted by Gasteiger charge is 2.07. The Morgan fingerprint density at radius 3 is 1.65 bits per heavy atom. The van der Waals surface area contributed by atoms with Crippen molar-refractivity contribution in [2.45, 2.75) is 83.5 Å². The first-order valence-electron chi connectivity index (χ1n) is 10.1. The van der Waals surface area contributed by atoms with Gasteiger partial charge in [0.25, 0.3) is 0 Å². The zero-order valence-corrected chi connectivity index (χ0v) is 17.1. The lowest BCUT2D eigenvalue weighted by atomic mass is 10.0. The lowest BCUT2D eigenvalue weighted by Crippen LogP contribution is -2.08. The minimum Gasteiger partial charge on any atom is -0.252 e. The van der Waals surface area contributed by atoms with E-state index >= 15 is 0 Å². The highest BCUT2D eigenvalue weighted by molar-refractivity contribution is 7.81. The molecule has 0 aliphatic heterocycles. The van der Waals surface area contributed by atoms with Crippen LogP contribution in [0.25, 0.3) is 0 Å². The molecule has 0 N–H and O–H groups in total. The Morgan fingerprint density at radius 1 is 0.692 bits per heavy atom. The first kappa shape index (κ1) is 23.1.